The number of nitrogens with zero attached hydrogens (tertiary/aromatic N) is 2. The van der Waals surface area contributed by atoms with Crippen molar-refractivity contribution in [2.45, 2.75) is 25.4 Å². The lowest BCUT2D eigenvalue weighted by atomic mass is 9.80. The molecule has 2 aliphatic heterocycles. The van der Waals surface area contributed by atoms with Crippen LogP contribution >= 0.6 is 0 Å². The van der Waals surface area contributed by atoms with E-state index in [0.717, 1.165) is 26.2 Å². The van der Waals surface area contributed by atoms with Crippen LogP contribution in [0.2, 0.25) is 0 Å². The number of hydrogen-bond acceptors (Lipinski definition) is 2. The maximum absolute atomic E-state index is 12.8. The van der Waals surface area contributed by atoms with Gasteiger partial charge in [-0.3, -0.25) is 9.69 Å². The molecule has 2 bridgehead atoms. The molecule has 154 valence electrons. The molecule has 0 saturated carbocycles. The molecule has 0 unspecified atom stereocenters. The summed E-state index contributed by atoms with van der Waals surface area (Å²) in [6.45, 7) is 3.89. The van der Waals surface area contributed by atoms with Crippen molar-refractivity contribution in [3.05, 3.63) is 107 Å². The van der Waals surface area contributed by atoms with Gasteiger partial charge in [0.05, 0.1) is 0 Å². The molecule has 1 saturated heterocycles. The van der Waals surface area contributed by atoms with E-state index in [1.54, 1.807) is 6.07 Å². The number of rotatable bonds is 3. The maximum atomic E-state index is 12.8. The van der Waals surface area contributed by atoms with Crippen LogP contribution in [0.5, 0.6) is 0 Å². The normalized spacial score (nSPS) is 20.5. The monoisotopic (exact) mass is 406 g/mol. The van der Waals surface area contributed by atoms with E-state index in [-0.39, 0.29) is 5.56 Å². The summed E-state index contributed by atoms with van der Waals surface area (Å²) in [5, 5.41) is 2.49. The minimum Gasteiger partial charge on any atom is -0.311 e. The quantitative estimate of drug-likeness (QED) is 0.462. The molecule has 3 heterocycles. The second-order valence-electron chi connectivity index (χ2n) is 9.12. The molecule has 0 radical (unpaired) electrons. The molecule has 3 aromatic carbocycles. The number of aromatic nitrogens is 1. The van der Waals surface area contributed by atoms with Gasteiger partial charge in [0.25, 0.3) is 5.56 Å². The van der Waals surface area contributed by atoms with Gasteiger partial charge < -0.3 is 4.57 Å². The first-order valence-electron chi connectivity index (χ1n) is 11.2. The Balaban J connectivity index is 1.40. The highest BCUT2D eigenvalue weighted by molar-refractivity contribution is 5.87. The number of likely N-dealkylation sites (tertiary alicyclic amines) is 1. The van der Waals surface area contributed by atoms with Crippen molar-refractivity contribution in [3.63, 3.8) is 0 Å². The Morgan fingerprint density at radius 2 is 1.58 bits per heavy atom. The van der Waals surface area contributed by atoms with Crippen molar-refractivity contribution < 1.29 is 0 Å². The molecule has 31 heavy (non-hydrogen) atoms. The van der Waals surface area contributed by atoms with Gasteiger partial charge in [0, 0.05) is 49.4 Å². The molecule has 2 aliphatic rings. The van der Waals surface area contributed by atoms with Crippen LogP contribution in [0.25, 0.3) is 21.9 Å². The second-order valence-corrected chi connectivity index (χ2v) is 9.12. The topological polar surface area (TPSA) is 25.2 Å². The lowest BCUT2D eigenvalue weighted by molar-refractivity contribution is 0.115. The second kappa shape index (κ2) is 7.51. The van der Waals surface area contributed by atoms with E-state index >= 15 is 0 Å². The first-order chi connectivity index (χ1) is 15.2. The third-order valence-electron chi connectivity index (χ3n) is 6.98. The van der Waals surface area contributed by atoms with Gasteiger partial charge in [-0.05, 0) is 46.4 Å². The van der Waals surface area contributed by atoms with Crippen LogP contribution in [0.3, 0.4) is 0 Å². The van der Waals surface area contributed by atoms with Crippen molar-refractivity contribution in [3.8, 4) is 11.1 Å². The van der Waals surface area contributed by atoms with Crippen LogP contribution < -0.4 is 5.56 Å². The molecule has 0 amide bonds. The molecule has 2 atom stereocenters. The Morgan fingerprint density at radius 3 is 2.45 bits per heavy atom. The van der Waals surface area contributed by atoms with Gasteiger partial charge in [-0.25, -0.2) is 0 Å². The van der Waals surface area contributed by atoms with Crippen LogP contribution in [-0.2, 0) is 13.1 Å². The fourth-order valence-corrected chi connectivity index (χ4v) is 5.69. The third kappa shape index (κ3) is 3.39. The van der Waals surface area contributed by atoms with Crippen LogP contribution in [0.1, 0.15) is 23.6 Å². The van der Waals surface area contributed by atoms with E-state index in [1.165, 1.54) is 39.6 Å². The molecule has 3 nitrogen and oxygen atoms in total. The third-order valence-corrected chi connectivity index (χ3v) is 6.98. The van der Waals surface area contributed by atoms with E-state index in [1.807, 2.05) is 0 Å². The molecule has 0 aliphatic carbocycles. The van der Waals surface area contributed by atoms with Gasteiger partial charge in [0.1, 0.15) is 0 Å². The molecule has 0 N–H and O–H groups in total. The van der Waals surface area contributed by atoms with Crippen molar-refractivity contribution in [1.82, 2.24) is 9.47 Å². The van der Waals surface area contributed by atoms with E-state index in [9.17, 15) is 4.79 Å². The average Bonchev–Trinajstić information content (AvgIpc) is 2.80. The Bertz CT molecular complexity index is 1310. The predicted molar refractivity (Wildman–Crippen MR) is 126 cm³/mol. The summed E-state index contributed by atoms with van der Waals surface area (Å²) in [4.78, 5) is 15.4. The predicted octanol–water partition coefficient (Wildman–Crippen LogP) is 5.29. The Kier molecular flexibility index (Phi) is 4.50. The van der Waals surface area contributed by atoms with E-state index < -0.39 is 0 Å². The Labute approximate surface area is 182 Å². The van der Waals surface area contributed by atoms with Crippen LogP contribution in [0.15, 0.2) is 89.7 Å². The van der Waals surface area contributed by atoms with Crippen LogP contribution in [-0.4, -0.2) is 22.6 Å². The van der Waals surface area contributed by atoms with E-state index in [4.69, 9.17) is 0 Å². The SMILES string of the molecule is O=c1ccc(-c2ccc3ccccc3c2)c2n1C[C@@H]1C[C@@H]2CN(Cc2ccccc2)C1. The van der Waals surface area contributed by atoms with E-state index in [0.29, 0.717) is 11.8 Å². The Hall–Kier alpha value is -3.17. The molecule has 0 spiro atoms. The fraction of sp³-hybridized carbons (Fsp3) is 0.250. The van der Waals surface area contributed by atoms with Crippen molar-refractivity contribution in [1.29, 1.82) is 0 Å². The van der Waals surface area contributed by atoms with Gasteiger partial charge >= 0.3 is 0 Å². The highest BCUT2D eigenvalue weighted by atomic mass is 16.1. The zero-order chi connectivity index (χ0) is 20.8. The summed E-state index contributed by atoms with van der Waals surface area (Å²) >= 11 is 0. The number of piperidine rings is 1. The first-order valence-corrected chi connectivity index (χ1v) is 11.2. The molecular weight excluding hydrogens is 380 g/mol. The zero-order valence-electron chi connectivity index (χ0n) is 17.6. The highest BCUT2D eigenvalue weighted by Crippen LogP contribution is 2.40. The summed E-state index contributed by atoms with van der Waals surface area (Å²) in [7, 11) is 0. The highest BCUT2D eigenvalue weighted by Gasteiger charge is 2.36. The van der Waals surface area contributed by atoms with Crippen LogP contribution in [0.4, 0.5) is 0 Å². The fourth-order valence-electron chi connectivity index (χ4n) is 5.69. The molecule has 4 aromatic rings. The minimum absolute atomic E-state index is 0.144. The smallest absolute Gasteiger partial charge is 0.250 e. The number of pyridine rings is 1. The van der Waals surface area contributed by atoms with Gasteiger partial charge in [-0.15, -0.1) is 0 Å². The van der Waals surface area contributed by atoms with E-state index in [2.05, 4.69) is 88.3 Å². The summed E-state index contributed by atoms with van der Waals surface area (Å²) in [6, 6.07) is 29.7. The van der Waals surface area contributed by atoms with Gasteiger partial charge in [0.15, 0.2) is 0 Å². The number of hydrogen-bond donors (Lipinski definition) is 0. The van der Waals surface area contributed by atoms with Gasteiger partial charge in [-0.2, -0.15) is 0 Å². The molecule has 6 rings (SSSR count). The average molecular weight is 407 g/mol. The summed E-state index contributed by atoms with van der Waals surface area (Å²) in [6.07, 6.45) is 1.18. The largest absolute Gasteiger partial charge is 0.311 e. The van der Waals surface area contributed by atoms with Crippen molar-refractivity contribution >= 4 is 10.8 Å². The summed E-state index contributed by atoms with van der Waals surface area (Å²) in [5.74, 6) is 0.936. The molecule has 1 aromatic heterocycles. The maximum Gasteiger partial charge on any atom is 0.250 e. The molecular formula is C28H26N2O. The standard InChI is InChI=1S/C28H26N2O/c31-27-13-12-26(24-11-10-22-8-4-5-9-23(22)15-24)28-25-14-21(18-30(27)28)17-29(19-25)16-20-6-2-1-3-7-20/h1-13,15,21,25H,14,16-19H2/t21-,25-/m1/s1. The van der Waals surface area contributed by atoms with Gasteiger partial charge in [0.2, 0.25) is 0 Å². The van der Waals surface area contributed by atoms with Crippen LogP contribution in [0, 0.1) is 5.92 Å². The summed E-state index contributed by atoms with van der Waals surface area (Å²) < 4.78 is 2.07. The zero-order valence-corrected chi connectivity index (χ0v) is 17.6. The lowest BCUT2D eigenvalue weighted by Gasteiger charge is -2.43. The summed E-state index contributed by atoms with van der Waals surface area (Å²) in [5.41, 5.74) is 5.17. The number of benzene rings is 3. The van der Waals surface area contributed by atoms with Gasteiger partial charge in [-0.1, -0.05) is 66.7 Å². The van der Waals surface area contributed by atoms with Crippen molar-refractivity contribution in [2.24, 2.45) is 5.92 Å². The first kappa shape index (κ1) is 18.6. The molecule has 1 fully saturated rings. The molecule has 3 heteroatoms. The van der Waals surface area contributed by atoms with Crippen molar-refractivity contribution in [2.75, 3.05) is 13.1 Å². The number of fused-ring (bicyclic) bond motifs is 5. The Morgan fingerprint density at radius 1 is 0.774 bits per heavy atom. The minimum atomic E-state index is 0.144. The lowest BCUT2D eigenvalue weighted by Crippen LogP contribution is -2.47.